The highest BCUT2D eigenvalue weighted by Gasteiger charge is 2.03. The molecular weight excluding hydrogens is 226 g/mol. The molecule has 1 heterocycles. The van der Waals surface area contributed by atoms with Crippen LogP contribution in [0.3, 0.4) is 0 Å². The smallest absolute Gasteiger partial charge is 0.0525 e. The fraction of sp³-hybridized carbons (Fsp3) is 0.167. The number of benzene rings is 1. The molecule has 15 heavy (non-hydrogen) atoms. The summed E-state index contributed by atoms with van der Waals surface area (Å²) in [4.78, 5) is 1.35. The average Bonchev–Trinajstić information content (AvgIpc) is 2.50. The van der Waals surface area contributed by atoms with Crippen LogP contribution >= 0.6 is 22.9 Å². The quantitative estimate of drug-likeness (QED) is 0.794. The Bertz CT molecular complexity index is 476. The summed E-state index contributed by atoms with van der Waals surface area (Å²) in [6.07, 6.45) is 0. The topological polar surface area (TPSA) is 12.0 Å². The van der Waals surface area contributed by atoms with Crippen molar-refractivity contribution in [3.05, 3.63) is 45.1 Å². The average molecular weight is 238 g/mol. The zero-order chi connectivity index (χ0) is 10.8. The zero-order valence-corrected chi connectivity index (χ0v) is 10.2. The van der Waals surface area contributed by atoms with E-state index < -0.39 is 0 Å². The van der Waals surface area contributed by atoms with E-state index in [2.05, 4.69) is 24.5 Å². The minimum atomic E-state index is 0.754. The molecule has 0 aliphatic rings. The Morgan fingerprint density at radius 2 is 2.07 bits per heavy atom. The number of hydrogen-bond acceptors (Lipinski definition) is 2. The largest absolute Gasteiger partial charge is 0.355 e. The minimum Gasteiger partial charge on any atom is -0.355 e. The van der Waals surface area contributed by atoms with Crippen LogP contribution in [0.4, 0.5) is 11.4 Å². The first-order valence-electron chi connectivity index (χ1n) is 4.74. The number of anilines is 2. The lowest BCUT2D eigenvalue weighted by atomic mass is 10.2. The summed E-state index contributed by atoms with van der Waals surface area (Å²) in [5.74, 6) is 0. The van der Waals surface area contributed by atoms with Crippen LogP contribution in [-0.2, 0) is 0 Å². The first-order chi connectivity index (χ1) is 7.16. The number of nitrogens with one attached hydrogen (secondary N) is 1. The van der Waals surface area contributed by atoms with Crippen molar-refractivity contribution in [2.45, 2.75) is 13.8 Å². The molecule has 0 aliphatic heterocycles. The van der Waals surface area contributed by atoms with Gasteiger partial charge in [-0.3, -0.25) is 0 Å². The number of halogens is 1. The lowest BCUT2D eigenvalue weighted by Crippen LogP contribution is -1.90. The zero-order valence-electron chi connectivity index (χ0n) is 8.67. The van der Waals surface area contributed by atoms with E-state index in [1.165, 1.54) is 16.1 Å². The monoisotopic (exact) mass is 237 g/mol. The van der Waals surface area contributed by atoms with Gasteiger partial charge in [-0.15, -0.1) is 11.3 Å². The van der Waals surface area contributed by atoms with Gasteiger partial charge in [0.15, 0.2) is 0 Å². The van der Waals surface area contributed by atoms with Crippen molar-refractivity contribution in [2.75, 3.05) is 5.32 Å². The normalized spacial score (nSPS) is 10.3. The molecule has 0 radical (unpaired) electrons. The molecule has 0 saturated heterocycles. The van der Waals surface area contributed by atoms with Crippen molar-refractivity contribution < 1.29 is 0 Å². The number of hydrogen-bond donors (Lipinski definition) is 1. The molecule has 0 amide bonds. The van der Waals surface area contributed by atoms with Crippen molar-refractivity contribution in [3.8, 4) is 0 Å². The standard InChI is InChI=1S/C12H12ClNS/c1-8-9(2)15-7-12(8)14-11-5-3-4-10(13)6-11/h3-7,14H,1-2H3. The summed E-state index contributed by atoms with van der Waals surface area (Å²) in [7, 11) is 0. The molecule has 0 spiro atoms. The maximum absolute atomic E-state index is 5.92. The molecule has 0 bridgehead atoms. The SMILES string of the molecule is Cc1scc(Nc2cccc(Cl)c2)c1C. The Morgan fingerprint density at radius 1 is 1.27 bits per heavy atom. The fourth-order valence-corrected chi connectivity index (χ4v) is 2.37. The van der Waals surface area contributed by atoms with Gasteiger partial charge in [0.25, 0.3) is 0 Å². The van der Waals surface area contributed by atoms with Crippen LogP contribution in [0.2, 0.25) is 5.02 Å². The maximum atomic E-state index is 5.92. The van der Waals surface area contributed by atoms with Crippen LogP contribution in [0, 0.1) is 13.8 Å². The molecule has 0 atom stereocenters. The van der Waals surface area contributed by atoms with Gasteiger partial charge >= 0.3 is 0 Å². The third-order valence-corrected chi connectivity index (χ3v) is 3.64. The van der Waals surface area contributed by atoms with Crippen LogP contribution in [0.15, 0.2) is 29.6 Å². The van der Waals surface area contributed by atoms with Crippen molar-refractivity contribution in [2.24, 2.45) is 0 Å². The Morgan fingerprint density at radius 3 is 2.67 bits per heavy atom. The van der Waals surface area contributed by atoms with Crippen LogP contribution in [0.5, 0.6) is 0 Å². The van der Waals surface area contributed by atoms with Gasteiger partial charge < -0.3 is 5.32 Å². The molecule has 1 nitrogen and oxygen atoms in total. The van der Waals surface area contributed by atoms with E-state index in [4.69, 9.17) is 11.6 Å². The third kappa shape index (κ3) is 2.33. The second-order valence-electron chi connectivity index (χ2n) is 3.47. The number of thiophene rings is 1. The minimum absolute atomic E-state index is 0.754. The van der Waals surface area contributed by atoms with E-state index in [9.17, 15) is 0 Å². The van der Waals surface area contributed by atoms with Gasteiger partial charge in [0.05, 0.1) is 5.69 Å². The molecule has 1 aromatic heterocycles. The van der Waals surface area contributed by atoms with E-state index >= 15 is 0 Å². The molecular formula is C12H12ClNS. The van der Waals surface area contributed by atoms with Crippen molar-refractivity contribution in [3.63, 3.8) is 0 Å². The Hall–Kier alpha value is -0.990. The molecule has 0 aliphatic carbocycles. The second-order valence-corrected chi connectivity index (χ2v) is 4.99. The van der Waals surface area contributed by atoms with Crippen LogP contribution < -0.4 is 5.32 Å². The van der Waals surface area contributed by atoms with Gasteiger partial charge in [-0.05, 0) is 37.6 Å². The highest BCUT2D eigenvalue weighted by Crippen LogP contribution is 2.28. The Balaban J connectivity index is 2.26. The fourth-order valence-electron chi connectivity index (χ4n) is 1.36. The first kappa shape index (κ1) is 10.5. The van der Waals surface area contributed by atoms with E-state index in [-0.39, 0.29) is 0 Å². The van der Waals surface area contributed by atoms with E-state index in [1.807, 2.05) is 24.3 Å². The van der Waals surface area contributed by atoms with Gasteiger partial charge in [0.1, 0.15) is 0 Å². The van der Waals surface area contributed by atoms with Crippen LogP contribution in [0.25, 0.3) is 0 Å². The lowest BCUT2D eigenvalue weighted by Gasteiger charge is -2.05. The number of rotatable bonds is 2. The summed E-state index contributed by atoms with van der Waals surface area (Å²) in [5, 5.41) is 6.24. The maximum Gasteiger partial charge on any atom is 0.0525 e. The van der Waals surface area contributed by atoms with Crippen LogP contribution in [0.1, 0.15) is 10.4 Å². The molecule has 3 heteroatoms. The lowest BCUT2D eigenvalue weighted by molar-refractivity contribution is 1.42. The van der Waals surface area contributed by atoms with E-state index in [0.29, 0.717) is 0 Å². The van der Waals surface area contributed by atoms with Gasteiger partial charge in [0, 0.05) is 21.0 Å². The summed E-state index contributed by atoms with van der Waals surface area (Å²) < 4.78 is 0. The third-order valence-electron chi connectivity index (χ3n) is 2.39. The van der Waals surface area contributed by atoms with Crippen molar-refractivity contribution >= 4 is 34.3 Å². The van der Waals surface area contributed by atoms with E-state index in [0.717, 1.165) is 10.7 Å². The predicted octanol–water partition coefficient (Wildman–Crippen LogP) is 4.76. The van der Waals surface area contributed by atoms with Gasteiger partial charge in [-0.1, -0.05) is 17.7 Å². The van der Waals surface area contributed by atoms with Crippen molar-refractivity contribution in [1.29, 1.82) is 0 Å². The summed E-state index contributed by atoms with van der Waals surface area (Å²) >= 11 is 7.68. The Kier molecular flexibility index (Phi) is 2.98. The first-order valence-corrected chi connectivity index (χ1v) is 6.00. The molecule has 0 unspecified atom stereocenters. The van der Waals surface area contributed by atoms with Crippen LogP contribution in [-0.4, -0.2) is 0 Å². The molecule has 2 rings (SSSR count). The molecule has 1 N–H and O–H groups in total. The highest BCUT2D eigenvalue weighted by atomic mass is 35.5. The Labute approximate surface area is 98.7 Å². The second kappa shape index (κ2) is 4.25. The highest BCUT2D eigenvalue weighted by molar-refractivity contribution is 7.10. The summed E-state index contributed by atoms with van der Waals surface area (Å²) in [6.45, 7) is 4.25. The van der Waals surface area contributed by atoms with Gasteiger partial charge in [-0.25, -0.2) is 0 Å². The molecule has 1 aromatic carbocycles. The van der Waals surface area contributed by atoms with Gasteiger partial charge in [0.2, 0.25) is 0 Å². The predicted molar refractivity (Wildman–Crippen MR) is 68.5 cm³/mol. The molecule has 0 fully saturated rings. The summed E-state index contributed by atoms with van der Waals surface area (Å²) in [6, 6.07) is 7.75. The molecule has 0 saturated carbocycles. The van der Waals surface area contributed by atoms with Gasteiger partial charge in [-0.2, -0.15) is 0 Å². The summed E-state index contributed by atoms with van der Waals surface area (Å²) in [5.41, 5.74) is 3.50. The van der Waals surface area contributed by atoms with E-state index in [1.54, 1.807) is 11.3 Å². The van der Waals surface area contributed by atoms with Crippen molar-refractivity contribution in [1.82, 2.24) is 0 Å². The molecule has 2 aromatic rings. The number of aryl methyl sites for hydroxylation is 1. The molecule has 78 valence electrons.